The van der Waals surface area contributed by atoms with E-state index < -0.39 is 24.3 Å². The van der Waals surface area contributed by atoms with Crippen molar-refractivity contribution in [3.8, 4) is 0 Å². The fraction of sp³-hybridized carbons (Fsp3) is 0.588. The second kappa shape index (κ2) is 7.03. The van der Waals surface area contributed by atoms with E-state index in [2.05, 4.69) is 0 Å². The van der Waals surface area contributed by atoms with Crippen LogP contribution in [-0.2, 0) is 23.9 Å². The standard InChI is InChI=1S/C17H25BO5/c1-6-20-21-15(19)12-14(13-10-8-7-9-11-13)18-22-16(2,3)17(4,5)23-18/h7-11,14H,6,12H2,1-5H3. The zero-order chi connectivity index (χ0) is 17.1. The molecule has 0 radical (unpaired) electrons. The van der Waals surface area contributed by atoms with E-state index in [1.54, 1.807) is 6.92 Å². The molecule has 126 valence electrons. The Bertz CT molecular complexity index is 513. The summed E-state index contributed by atoms with van der Waals surface area (Å²) in [7, 11) is -0.517. The molecule has 5 nitrogen and oxygen atoms in total. The highest BCUT2D eigenvalue weighted by Gasteiger charge is 2.54. The molecule has 1 aliphatic rings. The highest BCUT2D eigenvalue weighted by atomic mass is 17.2. The number of rotatable bonds is 6. The van der Waals surface area contributed by atoms with Crippen molar-refractivity contribution in [2.24, 2.45) is 0 Å². The summed E-state index contributed by atoms with van der Waals surface area (Å²) in [5.74, 6) is -0.694. The van der Waals surface area contributed by atoms with Gasteiger partial charge in [-0.05, 0) is 40.2 Å². The minimum atomic E-state index is -0.517. The summed E-state index contributed by atoms with van der Waals surface area (Å²) in [4.78, 5) is 21.5. The maximum Gasteiger partial charge on any atom is 0.466 e. The molecule has 23 heavy (non-hydrogen) atoms. The predicted molar refractivity (Wildman–Crippen MR) is 87.6 cm³/mol. The van der Waals surface area contributed by atoms with Crippen molar-refractivity contribution in [1.29, 1.82) is 0 Å². The molecule has 0 aliphatic carbocycles. The van der Waals surface area contributed by atoms with Gasteiger partial charge in [-0.3, -0.25) is 4.89 Å². The Labute approximate surface area is 138 Å². The van der Waals surface area contributed by atoms with Crippen molar-refractivity contribution in [3.63, 3.8) is 0 Å². The van der Waals surface area contributed by atoms with Gasteiger partial charge < -0.3 is 9.31 Å². The number of carbonyl (C=O) groups excluding carboxylic acids is 1. The van der Waals surface area contributed by atoms with Crippen LogP contribution < -0.4 is 0 Å². The van der Waals surface area contributed by atoms with E-state index in [9.17, 15) is 4.79 Å². The van der Waals surface area contributed by atoms with Gasteiger partial charge in [-0.25, -0.2) is 4.79 Å². The van der Waals surface area contributed by atoms with E-state index in [4.69, 9.17) is 19.1 Å². The topological polar surface area (TPSA) is 54.0 Å². The molecule has 0 bridgehead atoms. The molecule has 1 aromatic carbocycles. The molecule has 6 heteroatoms. The molecule has 0 spiro atoms. The third kappa shape index (κ3) is 4.13. The lowest BCUT2D eigenvalue weighted by molar-refractivity contribution is -0.269. The van der Waals surface area contributed by atoms with Gasteiger partial charge in [0.15, 0.2) is 0 Å². The van der Waals surface area contributed by atoms with E-state index >= 15 is 0 Å². The van der Waals surface area contributed by atoms with Gasteiger partial charge in [0.2, 0.25) is 0 Å². The fourth-order valence-electron chi connectivity index (χ4n) is 2.46. The number of carbonyl (C=O) groups is 1. The van der Waals surface area contributed by atoms with Crippen LogP contribution in [0.2, 0.25) is 0 Å². The van der Waals surface area contributed by atoms with Crippen molar-refractivity contribution in [2.45, 2.75) is 58.1 Å². The first-order valence-electron chi connectivity index (χ1n) is 7.99. The fourth-order valence-corrected chi connectivity index (χ4v) is 2.46. The lowest BCUT2D eigenvalue weighted by Crippen LogP contribution is -2.41. The normalized spacial score (nSPS) is 20.3. The minimum Gasteiger partial charge on any atom is -0.403 e. The van der Waals surface area contributed by atoms with Crippen LogP contribution in [0.15, 0.2) is 30.3 Å². The van der Waals surface area contributed by atoms with E-state index in [1.165, 1.54) is 0 Å². The maximum atomic E-state index is 12.0. The van der Waals surface area contributed by atoms with Crippen LogP contribution in [0.5, 0.6) is 0 Å². The molecule has 1 atom stereocenters. The Hall–Kier alpha value is -1.37. The Balaban J connectivity index is 2.20. The largest absolute Gasteiger partial charge is 0.466 e. The summed E-state index contributed by atoms with van der Waals surface area (Å²) in [5, 5.41) is 0. The second-order valence-electron chi connectivity index (χ2n) is 6.71. The highest BCUT2D eigenvalue weighted by Crippen LogP contribution is 2.41. The maximum absolute atomic E-state index is 12.0. The van der Waals surface area contributed by atoms with Gasteiger partial charge in [-0.2, -0.15) is 4.89 Å². The number of hydrogen-bond acceptors (Lipinski definition) is 5. The van der Waals surface area contributed by atoms with Gasteiger partial charge in [0.25, 0.3) is 0 Å². The molecule has 2 rings (SSSR count). The number of hydrogen-bond donors (Lipinski definition) is 0. The molecule has 1 aliphatic heterocycles. The first-order valence-corrected chi connectivity index (χ1v) is 7.99. The SMILES string of the molecule is CCOOC(=O)CC(B1OC(C)(C)C(C)(C)O1)c1ccccc1. The molecule has 1 aromatic rings. The van der Waals surface area contributed by atoms with E-state index in [1.807, 2.05) is 58.0 Å². The summed E-state index contributed by atoms with van der Waals surface area (Å²) < 4.78 is 12.2. The summed E-state index contributed by atoms with van der Waals surface area (Å²) in [5.41, 5.74) is 0.0720. The van der Waals surface area contributed by atoms with E-state index in [-0.39, 0.29) is 12.2 Å². The van der Waals surface area contributed by atoms with E-state index in [0.717, 1.165) is 5.56 Å². The molecule has 1 heterocycles. The van der Waals surface area contributed by atoms with E-state index in [0.29, 0.717) is 6.61 Å². The van der Waals surface area contributed by atoms with Gasteiger partial charge in [0.05, 0.1) is 24.2 Å². The van der Waals surface area contributed by atoms with Crippen molar-refractivity contribution in [1.82, 2.24) is 0 Å². The third-order valence-electron chi connectivity index (χ3n) is 4.48. The van der Waals surface area contributed by atoms with Crippen LogP contribution in [0.1, 0.15) is 52.4 Å². The Morgan fingerprint density at radius 1 is 1.13 bits per heavy atom. The monoisotopic (exact) mass is 320 g/mol. The third-order valence-corrected chi connectivity index (χ3v) is 4.48. The summed E-state index contributed by atoms with van der Waals surface area (Å²) >= 11 is 0. The Morgan fingerprint density at radius 2 is 1.70 bits per heavy atom. The predicted octanol–water partition coefficient (Wildman–Crippen LogP) is 3.29. The Kier molecular flexibility index (Phi) is 5.50. The molecular formula is C17H25BO5. The van der Waals surface area contributed by atoms with Crippen LogP contribution >= 0.6 is 0 Å². The van der Waals surface area contributed by atoms with Crippen molar-refractivity contribution in [3.05, 3.63) is 35.9 Å². The van der Waals surface area contributed by atoms with Gasteiger partial charge in [0.1, 0.15) is 0 Å². The first kappa shape index (κ1) is 18.0. The average molecular weight is 320 g/mol. The van der Waals surface area contributed by atoms with Crippen LogP contribution in [0.3, 0.4) is 0 Å². The van der Waals surface area contributed by atoms with Gasteiger partial charge in [0, 0.05) is 5.82 Å². The van der Waals surface area contributed by atoms with Crippen molar-refractivity contribution in [2.75, 3.05) is 6.61 Å². The van der Waals surface area contributed by atoms with Crippen LogP contribution in [0, 0.1) is 0 Å². The lowest BCUT2D eigenvalue weighted by atomic mass is 9.66. The second-order valence-corrected chi connectivity index (χ2v) is 6.71. The van der Waals surface area contributed by atoms with Gasteiger partial charge in [-0.1, -0.05) is 30.3 Å². The molecule has 0 N–H and O–H groups in total. The average Bonchev–Trinajstić information content (AvgIpc) is 2.71. The Morgan fingerprint density at radius 3 is 2.22 bits per heavy atom. The molecule has 1 saturated heterocycles. The molecule has 0 saturated carbocycles. The summed E-state index contributed by atoms with van der Waals surface area (Å²) in [6.07, 6.45) is 0.126. The summed E-state index contributed by atoms with van der Waals surface area (Å²) in [6, 6.07) is 9.72. The lowest BCUT2D eigenvalue weighted by Gasteiger charge is -2.32. The molecule has 0 amide bonds. The summed E-state index contributed by atoms with van der Waals surface area (Å²) in [6.45, 7) is 10.1. The van der Waals surface area contributed by atoms with Crippen LogP contribution in [-0.4, -0.2) is 30.9 Å². The van der Waals surface area contributed by atoms with Crippen molar-refractivity contribution < 1.29 is 23.9 Å². The van der Waals surface area contributed by atoms with Gasteiger partial charge in [-0.15, -0.1) is 0 Å². The molecular weight excluding hydrogens is 295 g/mol. The molecule has 0 aromatic heterocycles. The molecule has 1 fully saturated rings. The molecule has 1 unspecified atom stereocenters. The van der Waals surface area contributed by atoms with Crippen molar-refractivity contribution >= 4 is 13.1 Å². The zero-order valence-corrected chi connectivity index (χ0v) is 14.5. The van der Waals surface area contributed by atoms with Crippen LogP contribution in [0.4, 0.5) is 0 Å². The first-order chi connectivity index (χ1) is 10.8. The highest BCUT2D eigenvalue weighted by molar-refractivity contribution is 6.48. The zero-order valence-electron chi connectivity index (χ0n) is 14.5. The van der Waals surface area contributed by atoms with Crippen LogP contribution in [0.25, 0.3) is 0 Å². The smallest absolute Gasteiger partial charge is 0.403 e. The minimum absolute atomic E-state index is 0.126. The quantitative estimate of drug-likeness (QED) is 0.457. The van der Waals surface area contributed by atoms with Gasteiger partial charge >= 0.3 is 13.1 Å². The number of benzene rings is 1.